The van der Waals surface area contributed by atoms with Crippen molar-refractivity contribution >= 4 is 21.9 Å². The number of ether oxygens (including phenoxy) is 2. The summed E-state index contributed by atoms with van der Waals surface area (Å²) in [6.45, 7) is 10.4. The van der Waals surface area contributed by atoms with Crippen molar-refractivity contribution in [1.29, 1.82) is 0 Å². The topological polar surface area (TPSA) is 154 Å². The van der Waals surface area contributed by atoms with Crippen LogP contribution < -0.4 is 15.2 Å². The summed E-state index contributed by atoms with van der Waals surface area (Å²) in [6, 6.07) is 19.8. The molecule has 0 spiro atoms. The number of aryl methyl sites for hydroxylation is 2. The number of carboxylic acid groups (broad SMARTS) is 1. The first kappa shape index (κ1) is 32.6. The lowest BCUT2D eigenvalue weighted by atomic mass is 9.86. The van der Waals surface area contributed by atoms with Crippen molar-refractivity contribution < 1.29 is 27.8 Å². The van der Waals surface area contributed by atoms with Gasteiger partial charge in [0, 0.05) is 18.7 Å². The van der Waals surface area contributed by atoms with Crippen LogP contribution >= 0.6 is 0 Å². The molecule has 0 bridgehead atoms. The highest BCUT2D eigenvalue weighted by Crippen LogP contribution is 2.32. The molecule has 1 unspecified atom stereocenters. The number of hydrogen-bond donors (Lipinski definition) is 3. The SMILES string of the molecule is COC[C@@H](N)C(Oc1cc(-c2c(C)cccc2C)nc(NS(=O)(=O)c2cccc(C(=O)O)c2)n1)c1ccc(C(C)(C)C)cc1. The van der Waals surface area contributed by atoms with Gasteiger partial charge in [-0.05, 0) is 59.7 Å². The molecule has 0 amide bonds. The summed E-state index contributed by atoms with van der Waals surface area (Å²) in [7, 11) is -2.72. The van der Waals surface area contributed by atoms with Crippen LogP contribution in [0.4, 0.5) is 5.95 Å². The molecule has 4 N–H and O–H groups in total. The molecule has 1 heterocycles. The molecule has 232 valence electrons. The molecule has 2 atom stereocenters. The molecule has 3 aromatic carbocycles. The molecule has 44 heavy (non-hydrogen) atoms. The van der Waals surface area contributed by atoms with Crippen molar-refractivity contribution in [3.63, 3.8) is 0 Å². The minimum absolute atomic E-state index is 0.0491. The van der Waals surface area contributed by atoms with Crippen LogP contribution in [0.3, 0.4) is 0 Å². The Kier molecular flexibility index (Phi) is 9.72. The van der Waals surface area contributed by atoms with Crippen LogP contribution in [-0.2, 0) is 20.2 Å². The molecule has 0 radical (unpaired) electrons. The molecule has 11 heteroatoms. The number of nitrogens with one attached hydrogen (secondary N) is 1. The molecular weight excluding hydrogens is 580 g/mol. The van der Waals surface area contributed by atoms with Crippen LogP contribution in [0, 0.1) is 13.8 Å². The second-order valence-corrected chi connectivity index (χ2v) is 13.3. The number of aromatic carboxylic acids is 1. The van der Waals surface area contributed by atoms with Gasteiger partial charge in [-0.15, -0.1) is 0 Å². The van der Waals surface area contributed by atoms with Crippen molar-refractivity contribution in [2.45, 2.75) is 57.1 Å². The first-order valence-corrected chi connectivity index (χ1v) is 15.5. The first-order chi connectivity index (χ1) is 20.7. The Morgan fingerprint density at radius 3 is 2.20 bits per heavy atom. The van der Waals surface area contributed by atoms with Crippen molar-refractivity contribution in [1.82, 2.24) is 9.97 Å². The summed E-state index contributed by atoms with van der Waals surface area (Å²) in [4.78, 5) is 20.2. The van der Waals surface area contributed by atoms with Gasteiger partial charge in [-0.25, -0.2) is 22.9 Å². The predicted molar refractivity (Wildman–Crippen MR) is 170 cm³/mol. The van der Waals surface area contributed by atoms with Crippen LogP contribution in [0.5, 0.6) is 5.88 Å². The fourth-order valence-electron chi connectivity index (χ4n) is 4.84. The second kappa shape index (κ2) is 13.1. The normalized spacial score (nSPS) is 13.2. The molecular formula is C33H38N4O6S. The van der Waals surface area contributed by atoms with E-state index in [2.05, 4.69) is 35.5 Å². The van der Waals surface area contributed by atoms with E-state index in [0.29, 0.717) is 5.69 Å². The van der Waals surface area contributed by atoms with Crippen LogP contribution in [0.25, 0.3) is 11.3 Å². The molecule has 0 aliphatic heterocycles. The molecule has 10 nitrogen and oxygen atoms in total. The standard InChI is InChI=1S/C33H38N4O6S/c1-20-9-7-10-21(2)29(20)27-18-28(36-32(35-27)37-44(40,41)25-12-8-11-23(17-25)31(38)39)43-30(26(34)19-42-6)22-13-15-24(16-14-22)33(3,4)5/h7-18,26,30H,19,34H2,1-6H3,(H,38,39)(H,35,36,37)/t26-,30?/m1/s1. The van der Waals surface area contributed by atoms with E-state index in [1.165, 1.54) is 18.2 Å². The maximum Gasteiger partial charge on any atom is 0.335 e. The summed E-state index contributed by atoms with van der Waals surface area (Å²) >= 11 is 0. The average molecular weight is 619 g/mol. The number of nitrogens with zero attached hydrogens (tertiary/aromatic N) is 2. The van der Waals surface area contributed by atoms with Crippen molar-refractivity contribution in [2.24, 2.45) is 5.73 Å². The number of carboxylic acids is 1. The minimum atomic E-state index is -4.27. The van der Waals surface area contributed by atoms with Gasteiger partial charge >= 0.3 is 5.97 Å². The zero-order chi connectivity index (χ0) is 32.2. The summed E-state index contributed by atoms with van der Waals surface area (Å²) in [5.74, 6) is -1.41. The van der Waals surface area contributed by atoms with Gasteiger partial charge in [0.15, 0.2) is 0 Å². The predicted octanol–water partition coefficient (Wildman–Crippen LogP) is 5.65. The lowest BCUT2D eigenvalue weighted by molar-refractivity contribution is 0.0696. The first-order valence-electron chi connectivity index (χ1n) is 14.0. The smallest absolute Gasteiger partial charge is 0.335 e. The number of methoxy groups -OCH3 is 1. The fraction of sp³-hybridized carbons (Fsp3) is 0.303. The van der Waals surface area contributed by atoms with Gasteiger partial charge in [-0.1, -0.05) is 69.3 Å². The lowest BCUT2D eigenvalue weighted by Gasteiger charge is -2.26. The van der Waals surface area contributed by atoms with E-state index < -0.39 is 28.1 Å². The third kappa shape index (κ3) is 7.60. The van der Waals surface area contributed by atoms with Gasteiger partial charge in [-0.2, -0.15) is 4.98 Å². The number of nitrogens with two attached hydrogens (primary N) is 1. The summed E-state index contributed by atoms with van der Waals surface area (Å²) in [5, 5.41) is 9.36. The van der Waals surface area contributed by atoms with Gasteiger partial charge in [0.2, 0.25) is 11.8 Å². The lowest BCUT2D eigenvalue weighted by Crippen LogP contribution is -2.36. The molecule has 0 fully saturated rings. The van der Waals surface area contributed by atoms with E-state index in [0.717, 1.165) is 33.9 Å². The van der Waals surface area contributed by atoms with Gasteiger partial charge in [-0.3, -0.25) is 0 Å². The Hall–Kier alpha value is -4.32. The molecule has 0 aliphatic carbocycles. The Bertz CT molecular complexity index is 1730. The van der Waals surface area contributed by atoms with Crippen molar-refractivity contribution in [2.75, 3.05) is 18.4 Å². The molecule has 1 aromatic heterocycles. The molecule has 0 saturated heterocycles. The largest absolute Gasteiger partial charge is 0.478 e. The van der Waals surface area contributed by atoms with Gasteiger partial charge in [0.25, 0.3) is 10.0 Å². The molecule has 4 rings (SSSR count). The minimum Gasteiger partial charge on any atom is -0.478 e. The number of rotatable bonds is 11. The summed E-state index contributed by atoms with van der Waals surface area (Å²) in [5.41, 5.74) is 11.3. The van der Waals surface area contributed by atoms with E-state index in [1.807, 2.05) is 56.3 Å². The quantitative estimate of drug-likeness (QED) is 0.193. The maximum atomic E-state index is 13.4. The van der Waals surface area contributed by atoms with Crippen LogP contribution in [0.2, 0.25) is 0 Å². The molecule has 4 aromatic rings. The van der Waals surface area contributed by atoms with Gasteiger partial charge in [0.05, 0.1) is 28.8 Å². The van der Waals surface area contributed by atoms with Crippen LogP contribution in [0.15, 0.2) is 77.7 Å². The number of carbonyl (C=O) groups is 1. The summed E-state index contributed by atoms with van der Waals surface area (Å²) < 4.78 is 40.9. The highest BCUT2D eigenvalue weighted by molar-refractivity contribution is 7.92. The number of anilines is 1. The third-order valence-corrected chi connectivity index (χ3v) is 8.48. The Labute approximate surface area is 258 Å². The number of hydrogen-bond acceptors (Lipinski definition) is 8. The van der Waals surface area contributed by atoms with Gasteiger partial charge in [0.1, 0.15) is 6.10 Å². The third-order valence-electron chi connectivity index (χ3n) is 7.16. The van der Waals surface area contributed by atoms with Crippen molar-refractivity contribution in [3.05, 3.63) is 101 Å². The van der Waals surface area contributed by atoms with E-state index in [1.54, 1.807) is 13.2 Å². The van der Waals surface area contributed by atoms with E-state index >= 15 is 0 Å². The number of benzene rings is 3. The average Bonchev–Trinajstić information content (AvgIpc) is 2.95. The van der Waals surface area contributed by atoms with Crippen LogP contribution in [0.1, 0.15) is 59.5 Å². The zero-order valence-electron chi connectivity index (χ0n) is 25.7. The van der Waals surface area contributed by atoms with E-state index in [4.69, 9.17) is 15.2 Å². The Morgan fingerprint density at radius 1 is 0.977 bits per heavy atom. The Balaban J connectivity index is 1.81. The van der Waals surface area contributed by atoms with Gasteiger partial charge < -0.3 is 20.3 Å². The zero-order valence-corrected chi connectivity index (χ0v) is 26.5. The highest BCUT2D eigenvalue weighted by Gasteiger charge is 2.26. The monoisotopic (exact) mass is 618 g/mol. The maximum absolute atomic E-state index is 13.4. The number of sulfonamides is 1. The fourth-order valence-corrected chi connectivity index (χ4v) is 5.83. The van der Waals surface area contributed by atoms with Crippen molar-refractivity contribution in [3.8, 4) is 17.1 Å². The highest BCUT2D eigenvalue weighted by atomic mass is 32.2. The summed E-state index contributed by atoms with van der Waals surface area (Å²) in [6.07, 6.45) is -0.693. The number of aromatic nitrogens is 2. The van der Waals surface area contributed by atoms with Crippen LogP contribution in [-0.4, -0.2) is 49.2 Å². The van der Waals surface area contributed by atoms with E-state index in [-0.39, 0.29) is 34.3 Å². The Morgan fingerprint density at radius 2 is 1.61 bits per heavy atom. The van der Waals surface area contributed by atoms with E-state index in [9.17, 15) is 18.3 Å². The second-order valence-electron chi connectivity index (χ2n) is 11.6. The molecule has 0 saturated carbocycles. The molecule has 0 aliphatic rings.